The Labute approximate surface area is 454 Å². The molecule has 0 aliphatic carbocycles. The Kier molecular flexibility index (Phi) is 25.8. The third-order valence-electron chi connectivity index (χ3n) is 13.6. The standard InChI is InChI=1S/C50H80N14O12S/c1-29(2)24-35(49(75)76)60-45(71)38-17-10-21-62(38)47(73)36(27-65)61-43(69)34(25-30-12-4-3-5-13-30)57-40(66)26-56-44(70)37-16-9-22-63(37)48(74)39-18-11-23-64(39)46(72)33(15-8-20-55-50(53)54)59-42(68)32(14-6-7-19-51)58-41(67)31(52)28-77/h3-5,12-13,29,31-39,65,77H,6-11,14-28,51-52H2,1-2H3,(H,56,70)(H,57,66)(H,58,67)(H,59,68)(H,60,71)(H,61,69)(H,75,76)(H4,53,54,55)/t31-,32-,33-,34-,35-,36-,37-,38-,39-/m0/s1. The number of rotatable bonds is 30. The summed E-state index contributed by atoms with van der Waals surface area (Å²) in [5, 5.41) is 35.6. The van der Waals surface area contributed by atoms with Crippen LogP contribution in [0.5, 0.6) is 0 Å². The van der Waals surface area contributed by atoms with Gasteiger partial charge in [-0.2, -0.15) is 12.6 Å². The van der Waals surface area contributed by atoms with E-state index < -0.39 is 127 Å². The van der Waals surface area contributed by atoms with Crippen molar-refractivity contribution in [2.24, 2.45) is 33.8 Å². The molecule has 0 spiro atoms. The second kappa shape index (κ2) is 31.6. The molecule has 3 aliphatic heterocycles. The number of likely N-dealkylation sites (tertiary alicyclic amines) is 3. The van der Waals surface area contributed by atoms with Gasteiger partial charge in [-0.05, 0) is 95.1 Å². The predicted molar refractivity (Wildman–Crippen MR) is 286 cm³/mol. The van der Waals surface area contributed by atoms with Crippen LogP contribution in [0.25, 0.3) is 0 Å². The van der Waals surface area contributed by atoms with Crippen molar-refractivity contribution in [2.45, 2.75) is 152 Å². The Morgan fingerprint density at radius 1 is 0.688 bits per heavy atom. The fourth-order valence-electron chi connectivity index (χ4n) is 9.65. The summed E-state index contributed by atoms with van der Waals surface area (Å²) in [4.78, 5) is 144. The highest BCUT2D eigenvalue weighted by Crippen LogP contribution is 2.27. The number of amides is 9. The zero-order valence-corrected chi connectivity index (χ0v) is 44.9. The van der Waals surface area contributed by atoms with E-state index in [1.165, 1.54) is 14.7 Å². The molecule has 1 aromatic rings. The van der Waals surface area contributed by atoms with Gasteiger partial charge in [0.1, 0.15) is 48.3 Å². The molecule has 0 aromatic heterocycles. The van der Waals surface area contributed by atoms with Crippen LogP contribution in [0, 0.1) is 5.92 Å². The molecule has 16 N–H and O–H groups in total. The first kappa shape index (κ1) is 63.0. The summed E-state index contributed by atoms with van der Waals surface area (Å²) in [5.74, 6) is -7.50. The normalized spacial score (nSPS) is 19.5. The van der Waals surface area contributed by atoms with Crippen molar-refractivity contribution in [1.82, 2.24) is 46.6 Å². The number of carbonyl (C=O) groups excluding carboxylic acids is 9. The SMILES string of the molecule is CC(C)C[C@H](NC(=O)[C@@H]1CCCN1C(=O)[C@H](CO)NC(=O)[C@H](Cc1ccccc1)NC(=O)CNC(=O)[C@@H]1CCCN1C(=O)[C@@H]1CCCN1C(=O)[C@H](CCCN=C(N)N)NC(=O)[C@H](CCCCN)NC(=O)[C@@H](N)CS)C(=O)O. The number of thiol groups is 1. The zero-order chi connectivity index (χ0) is 56.8. The summed E-state index contributed by atoms with van der Waals surface area (Å²) < 4.78 is 0. The smallest absolute Gasteiger partial charge is 0.326 e. The molecular weight excluding hydrogens is 1020 g/mol. The monoisotopic (exact) mass is 1100 g/mol. The van der Waals surface area contributed by atoms with Crippen LogP contribution in [0.4, 0.5) is 0 Å². The van der Waals surface area contributed by atoms with Gasteiger partial charge in [-0.25, -0.2) is 4.79 Å². The molecule has 3 aliphatic rings. The van der Waals surface area contributed by atoms with Crippen LogP contribution in [0.3, 0.4) is 0 Å². The number of aliphatic hydroxyl groups is 1. The Morgan fingerprint density at radius 2 is 1.25 bits per heavy atom. The number of carboxylic acids is 1. The van der Waals surface area contributed by atoms with Gasteiger partial charge >= 0.3 is 5.97 Å². The van der Waals surface area contributed by atoms with Gasteiger partial charge in [-0.15, -0.1) is 0 Å². The van der Waals surface area contributed by atoms with E-state index in [9.17, 15) is 58.2 Å². The van der Waals surface area contributed by atoms with E-state index >= 15 is 0 Å². The molecule has 4 rings (SSSR count). The molecule has 3 fully saturated rings. The Balaban J connectivity index is 1.43. The third-order valence-corrected chi connectivity index (χ3v) is 14.0. The fourth-order valence-corrected chi connectivity index (χ4v) is 9.82. The number of nitrogens with zero attached hydrogens (tertiary/aromatic N) is 4. The minimum Gasteiger partial charge on any atom is -0.480 e. The summed E-state index contributed by atoms with van der Waals surface area (Å²) >= 11 is 4.08. The van der Waals surface area contributed by atoms with Gasteiger partial charge in [0.05, 0.1) is 19.2 Å². The molecule has 27 heteroatoms. The predicted octanol–water partition coefficient (Wildman–Crippen LogP) is -3.70. The molecule has 0 bridgehead atoms. The van der Waals surface area contributed by atoms with Crippen molar-refractivity contribution in [1.29, 1.82) is 0 Å². The maximum Gasteiger partial charge on any atom is 0.326 e. The number of carboxylic acid groups (broad SMARTS) is 1. The Bertz CT molecular complexity index is 2240. The molecule has 9 atom stereocenters. The van der Waals surface area contributed by atoms with E-state index in [1.54, 1.807) is 44.2 Å². The molecule has 0 unspecified atom stereocenters. The number of aliphatic hydroxyl groups excluding tert-OH is 1. The average Bonchev–Trinajstić information content (AvgIpc) is 4.23. The zero-order valence-electron chi connectivity index (χ0n) is 44.0. The highest BCUT2D eigenvalue weighted by molar-refractivity contribution is 7.80. The fraction of sp³-hybridized carbons (Fsp3) is 0.660. The molecule has 3 heterocycles. The van der Waals surface area contributed by atoms with Crippen LogP contribution in [-0.4, -0.2) is 196 Å². The van der Waals surface area contributed by atoms with E-state index in [0.717, 1.165) is 0 Å². The van der Waals surface area contributed by atoms with Crippen LogP contribution in [-0.2, 0) is 54.4 Å². The van der Waals surface area contributed by atoms with Crippen molar-refractivity contribution >= 4 is 77.7 Å². The number of aliphatic carboxylic acids is 1. The number of nitrogens with two attached hydrogens (primary N) is 4. The number of benzene rings is 1. The summed E-state index contributed by atoms with van der Waals surface area (Å²) in [6, 6.07) is -1.74. The lowest BCUT2D eigenvalue weighted by Gasteiger charge is -2.33. The number of aliphatic imine (C=N–C) groups is 1. The summed E-state index contributed by atoms with van der Waals surface area (Å²) in [7, 11) is 0. The van der Waals surface area contributed by atoms with Crippen molar-refractivity contribution in [2.75, 3.05) is 51.6 Å². The lowest BCUT2D eigenvalue weighted by Crippen LogP contribution is -2.59. The van der Waals surface area contributed by atoms with Crippen molar-refractivity contribution in [3.05, 3.63) is 35.9 Å². The second-order valence-corrected chi connectivity index (χ2v) is 20.4. The largest absolute Gasteiger partial charge is 0.480 e. The maximum atomic E-state index is 14.4. The number of carbonyl (C=O) groups is 10. The van der Waals surface area contributed by atoms with Crippen LogP contribution >= 0.6 is 12.6 Å². The van der Waals surface area contributed by atoms with Gasteiger partial charge in [0, 0.05) is 38.4 Å². The maximum absolute atomic E-state index is 14.4. The van der Waals surface area contributed by atoms with E-state index in [4.69, 9.17) is 22.9 Å². The highest BCUT2D eigenvalue weighted by Gasteiger charge is 2.44. The minimum absolute atomic E-state index is 0.0231. The van der Waals surface area contributed by atoms with Gasteiger partial charge in [-0.1, -0.05) is 44.2 Å². The quantitative estimate of drug-likeness (QED) is 0.0153. The van der Waals surface area contributed by atoms with Crippen molar-refractivity contribution in [3.8, 4) is 0 Å². The van der Waals surface area contributed by atoms with Crippen LogP contribution in [0.1, 0.15) is 96.5 Å². The summed E-state index contributed by atoms with van der Waals surface area (Å²) in [5.41, 5.74) is 23.2. The van der Waals surface area contributed by atoms with Gasteiger partial charge < -0.3 is 79.7 Å². The summed E-state index contributed by atoms with van der Waals surface area (Å²) in [6.45, 7) is 3.05. The average molecular weight is 1100 g/mol. The van der Waals surface area contributed by atoms with Crippen molar-refractivity contribution in [3.63, 3.8) is 0 Å². The molecule has 9 amide bonds. The van der Waals surface area contributed by atoms with Gasteiger partial charge in [0.15, 0.2) is 5.96 Å². The lowest BCUT2D eigenvalue weighted by molar-refractivity contribution is -0.148. The summed E-state index contributed by atoms with van der Waals surface area (Å²) in [6.07, 6.45) is 3.67. The van der Waals surface area contributed by atoms with E-state index in [1.807, 2.05) is 0 Å². The van der Waals surface area contributed by atoms with Gasteiger partial charge in [-0.3, -0.25) is 48.1 Å². The Hall–Kier alpha value is -6.58. The van der Waals surface area contributed by atoms with Gasteiger partial charge in [0.25, 0.3) is 0 Å². The number of unbranched alkanes of at least 4 members (excludes halogenated alkanes) is 1. The molecule has 3 saturated heterocycles. The lowest BCUT2D eigenvalue weighted by atomic mass is 10.0. The number of hydrogen-bond acceptors (Lipinski definition) is 15. The van der Waals surface area contributed by atoms with Crippen LogP contribution < -0.4 is 54.8 Å². The van der Waals surface area contributed by atoms with Crippen LogP contribution in [0.2, 0.25) is 0 Å². The van der Waals surface area contributed by atoms with Gasteiger partial charge in [0.2, 0.25) is 53.2 Å². The number of guanidine groups is 1. The topological polar surface area (TPSA) is 409 Å². The molecule has 0 radical (unpaired) electrons. The Morgan fingerprint density at radius 3 is 1.84 bits per heavy atom. The minimum atomic E-state index is -1.54. The molecule has 428 valence electrons. The van der Waals surface area contributed by atoms with E-state index in [-0.39, 0.29) is 95.2 Å². The van der Waals surface area contributed by atoms with Crippen LogP contribution in [0.15, 0.2) is 35.3 Å². The second-order valence-electron chi connectivity index (χ2n) is 20.0. The molecule has 77 heavy (non-hydrogen) atoms. The molecular formula is C50H80N14O12S. The number of nitrogens with one attached hydrogen (secondary N) is 6. The third kappa shape index (κ3) is 19.1. The molecule has 26 nitrogen and oxygen atoms in total. The molecule has 1 aromatic carbocycles. The first-order valence-electron chi connectivity index (χ1n) is 26.4. The molecule has 0 saturated carbocycles. The van der Waals surface area contributed by atoms with E-state index in [2.05, 4.69) is 49.5 Å². The highest BCUT2D eigenvalue weighted by atomic mass is 32.1. The first-order valence-corrected chi connectivity index (χ1v) is 27.0. The van der Waals surface area contributed by atoms with Crippen molar-refractivity contribution < 1.29 is 58.2 Å². The first-order chi connectivity index (χ1) is 36.7. The van der Waals surface area contributed by atoms with E-state index in [0.29, 0.717) is 44.2 Å². The number of hydrogen-bond donors (Lipinski definition) is 13.